The van der Waals surface area contributed by atoms with Gasteiger partial charge >= 0.3 is 0 Å². The monoisotopic (exact) mass is 481 g/mol. The first-order valence-electron chi connectivity index (χ1n) is 11.2. The number of para-hydroxylation sites is 1. The van der Waals surface area contributed by atoms with Crippen LogP contribution in [-0.4, -0.2) is 36.6 Å². The van der Waals surface area contributed by atoms with E-state index in [4.69, 9.17) is 24.9 Å². The predicted octanol–water partition coefficient (Wildman–Crippen LogP) is 5.89. The minimum absolute atomic E-state index is 0.719. The van der Waals surface area contributed by atoms with Gasteiger partial charge in [0.1, 0.15) is 17.4 Å². The normalized spacial score (nSPS) is 11.4. The summed E-state index contributed by atoms with van der Waals surface area (Å²) in [5, 5.41) is 14.8. The zero-order valence-corrected chi connectivity index (χ0v) is 20.6. The summed E-state index contributed by atoms with van der Waals surface area (Å²) in [6.07, 6.45) is 0. The fourth-order valence-electron chi connectivity index (χ4n) is 4.29. The number of nitrogens with one attached hydrogen (secondary N) is 1. The standard InChI is InChI=1S/C26H23N7OS/c1-15-12-22(29-25-24(15)17(3)31-32(25)18-8-6-5-7-9-18)28-23-13-16(2)30-33(23)26-27-20-11-10-19(34-4)14-21(20)35-26/h5-14H,1-4H3,(H,28,29). The molecule has 0 radical (unpaired) electrons. The minimum Gasteiger partial charge on any atom is -0.497 e. The summed E-state index contributed by atoms with van der Waals surface area (Å²) in [7, 11) is 1.67. The van der Waals surface area contributed by atoms with Crippen molar-refractivity contribution in [1.82, 2.24) is 29.5 Å². The van der Waals surface area contributed by atoms with Crippen LogP contribution in [0.25, 0.3) is 32.1 Å². The van der Waals surface area contributed by atoms with Gasteiger partial charge in [0.15, 0.2) is 5.65 Å². The number of hydrogen-bond acceptors (Lipinski definition) is 7. The van der Waals surface area contributed by atoms with Gasteiger partial charge in [0.25, 0.3) is 0 Å². The number of anilines is 2. The zero-order chi connectivity index (χ0) is 24.1. The van der Waals surface area contributed by atoms with Crippen molar-refractivity contribution in [1.29, 1.82) is 0 Å². The molecule has 0 unspecified atom stereocenters. The molecular weight excluding hydrogens is 458 g/mol. The molecule has 0 atom stereocenters. The molecule has 0 saturated carbocycles. The SMILES string of the molecule is COc1ccc2nc(-n3nc(C)cc3Nc3cc(C)c4c(C)nn(-c5ccccc5)c4n3)sc2c1. The topological polar surface area (TPSA) is 82.7 Å². The second kappa shape index (κ2) is 8.21. The number of methoxy groups -OCH3 is 1. The van der Waals surface area contributed by atoms with Gasteiger partial charge in [-0.2, -0.15) is 14.9 Å². The van der Waals surface area contributed by atoms with Crippen molar-refractivity contribution in [3.8, 4) is 16.6 Å². The van der Waals surface area contributed by atoms with Gasteiger partial charge in [0.05, 0.1) is 34.4 Å². The number of rotatable bonds is 5. The van der Waals surface area contributed by atoms with Crippen molar-refractivity contribution in [2.75, 3.05) is 12.4 Å². The Kier molecular flexibility index (Phi) is 5.00. The maximum Gasteiger partial charge on any atom is 0.213 e. The summed E-state index contributed by atoms with van der Waals surface area (Å²) in [5.41, 5.74) is 5.62. The van der Waals surface area contributed by atoms with Gasteiger partial charge in [-0.25, -0.2) is 14.6 Å². The van der Waals surface area contributed by atoms with Crippen LogP contribution in [0.2, 0.25) is 0 Å². The van der Waals surface area contributed by atoms with E-state index in [1.807, 2.05) is 83.9 Å². The summed E-state index contributed by atoms with van der Waals surface area (Å²) in [4.78, 5) is 9.74. The van der Waals surface area contributed by atoms with E-state index in [1.165, 1.54) is 0 Å². The molecule has 4 heterocycles. The second-order valence-corrected chi connectivity index (χ2v) is 9.40. The van der Waals surface area contributed by atoms with Crippen molar-refractivity contribution in [3.05, 3.63) is 77.6 Å². The number of thiazole rings is 1. The molecule has 174 valence electrons. The van der Waals surface area contributed by atoms with Crippen LogP contribution in [0, 0.1) is 20.8 Å². The van der Waals surface area contributed by atoms with E-state index in [0.29, 0.717) is 0 Å². The minimum atomic E-state index is 0.719. The number of fused-ring (bicyclic) bond motifs is 2. The van der Waals surface area contributed by atoms with E-state index in [1.54, 1.807) is 18.4 Å². The number of aryl methyl sites for hydroxylation is 3. The van der Waals surface area contributed by atoms with E-state index in [2.05, 4.69) is 12.2 Å². The van der Waals surface area contributed by atoms with E-state index in [-0.39, 0.29) is 0 Å². The lowest BCUT2D eigenvalue weighted by atomic mass is 10.1. The van der Waals surface area contributed by atoms with Gasteiger partial charge in [-0.15, -0.1) is 0 Å². The molecule has 8 nitrogen and oxygen atoms in total. The van der Waals surface area contributed by atoms with Crippen LogP contribution in [0.4, 0.5) is 11.6 Å². The van der Waals surface area contributed by atoms with Gasteiger partial charge in [-0.1, -0.05) is 29.5 Å². The molecule has 1 N–H and O–H groups in total. The molecule has 6 aromatic rings. The highest BCUT2D eigenvalue weighted by atomic mass is 32.1. The number of aromatic nitrogens is 6. The van der Waals surface area contributed by atoms with Crippen molar-refractivity contribution in [2.45, 2.75) is 20.8 Å². The van der Waals surface area contributed by atoms with Gasteiger partial charge in [-0.05, 0) is 62.7 Å². The molecule has 0 spiro atoms. The number of hydrogen-bond donors (Lipinski definition) is 1. The maximum atomic E-state index is 5.36. The van der Waals surface area contributed by atoms with Crippen LogP contribution in [0.5, 0.6) is 5.75 Å². The number of pyridine rings is 1. The lowest BCUT2D eigenvalue weighted by Crippen LogP contribution is -2.04. The summed E-state index contributed by atoms with van der Waals surface area (Å²) in [6.45, 7) is 6.07. The summed E-state index contributed by atoms with van der Waals surface area (Å²) >= 11 is 1.56. The third-order valence-corrected chi connectivity index (χ3v) is 6.86. The van der Waals surface area contributed by atoms with E-state index in [9.17, 15) is 0 Å². The molecule has 0 aliphatic rings. The lowest BCUT2D eigenvalue weighted by Gasteiger charge is -2.09. The Morgan fingerprint density at radius 3 is 2.51 bits per heavy atom. The first-order valence-corrected chi connectivity index (χ1v) is 12.0. The molecule has 9 heteroatoms. The number of ether oxygens (including phenoxy) is 1. The molecular formula is C26H23N7OS. The average molecular weight is 482 g/mol. The van der Waals surface area contributed by atoms with E-state index in [0.717, 1.165) is 66.4 Å². The third kappa shape index (κ3) is 3.70. The maximum absolute atomic E-state index is 5.36. The lowest BCUT2D eigenvalue weighted by molar-refractivity contribution is 0.415. The first-order chi connectivity index (χ1) is 17.0. The molecule has 0 saturated heterocycles. The van der Waals surface area contributed by atoms with Gasteiger partial charge < -0.3 is 10.1 Å². The van der Waals surface area contributed by atoms with Gasteiger partial charge in [0.2, 0.25) is 5.13 Å². The Morgan fingerprint density at radius 1 is 0.886 bits per heavy atom. The average Bonchev–Trinajstić information content (AvgIpc) is 3.54. The first kappa shape index (κ1) is 21.3. The van der Waals surface area contributed by atoms with Crippen LogP contribution in [0.15, 0.2) is 60.7 Å². The Hall–Kier alpha value is -4.24. The van der Waals surface area contributed by atoms with Crippen LogP contribution in [0.1, 0.15) is 17.0 Å². The summed E-state index contributed by atoms with van der Waals surface area (Å²) < 4.78 is 10.1. The molecule has 0 fully saturated rings. The molecule has 6 rings (SSSR count). The molecule has 0 amide bonds. The molecule has 0 aliphatic heterocycles. The molecule has 4 aromatic heterocycles. The summed E-state index contributed by atoms with van der Waals surface area (Å²) in [5.74, 6) is 2.32. The molecule has 2 aromatic carbocycles. The Bertz CT molecular complexity index is 1700. The highest BCUT2D eigenvalue weighted by molar-refractivity contribution is 7.20. The quantitative estimate of drug-likeness (QED) is 0.330. The van der Waals surface area contributed by atoms with Gasteiger partial charge in [0, 0.05) is 11.5 Å². The number of benzene rings is 2. The van der Waals surface area contributed by atoms with Crippen LogP contribution in [0.3, 0.4) is 0 Å². The fraction of sp³-hybridized carbons (Fsp3) is 0.154. The second-order valence-electron chi connectivity index (χ2n) is 8.39. The largest absolute Gasteiger partial charge is 0.497 e. The predicted molar refractivity (Wildman–Crippen MR) is 140 cm³/mol. The van der Waals surface area contributed by atoms with E-state index < -0.39 is 0 Å². The fourth-order valence-corrected chi connectivity index (χ4v) is 5.25. The highest BCUT2D eigenvalue weighted by Crippen LogP contribution is 2.32. The number of nitrogens with zero attached hydrogens (tertiary/aromatic N) is 6. The molecule has 35 heavy (non-hydrogen) atoms. The Balaban J connectivity index is 1.43. The van der Waals surface area contributed by atoms with Crippen molar-refractivity contribution in [3.63, 3.8) is 0 Å². The summed E-state index contributed by atoms with van der Waals surface area (Å²) in [6, 6.07) is 20.0. The van der Waals surface area contributed by atoms with Crippen LogP contribution >= 0.6 is 11.3 Å². The Labute approximate surface area is 205 Å². The molecule has 0 bridgehead atoms. The third-order valence-electron chi connectivity index (χ3n) is 5.86. The van der Waals surface area contributed by atoms with Crippen LogP contribution in [-0.2, 0) is 0 Å². The smallest absolute Gasteiger partial charge is 0.213 e. The van der Waals surface area contributed by atoms with Crippen molar-refractivity contribution < 1.29 is 4.74 Å². The van der Waals surface area contributed by atoms with Crippen LogP contribution < -0.4 is 10.1 Å². The van der Waals surface area contributed by atoms with E-state index >= 15 is 0 Å². The van der Waals surface area contributed by atoms with Crippen molar-refractivity contribution >= 4 is 44.2 Å². The molecule has 0 aliphatic carbocycles. The highest BCUT2D eigenvalue weighted by Gasteiger charge is 2.17. The Morgan fingerprint density at radius 2 is 1.71 bits per heavy atom. The zero-order valence-electron chi connectivity index (χ0n) is 19.8. The van der Waals surface area contributed by atoms with Gasteiger partial charge in [-0.3, -0.25) is 0 Å². The van der Waals surface area contributed by atoms with Crippen molar-refractivity contribution in [2.24, 2.45) is 0 Å².